The average Bonchev–Trinajstić information content (AvgIpc) is 3.12. The second-order valence-electron chi connectivity index (χ2n) is 9.21. The van der Waals surface area contributed by atoms with Crippen molar-refractivity contribution < 1.29 is 9.59 Å². The van der Waals surface area contributed by atoms with Crippen molar-refractivity contribution in [1.29, 1.82) is 0 Å². The van der Waals surface area contributed by atoms with Crippen LogP contribution in [0.3, 0.4) is 0 Å². The Bertz CT molecular complexity index is 1040. The van der Waals surface area contributed by atoms with Gasteiger partial charge in [0.25, 0.3) is 11.5 Å². The standard InChI is InChI=1S/C23H32N4O3S/c1-15-8-7-11-26(12-15)18(28)13-27-14-24-21-19(22(27)29)16(2)20(31-21)23(30)25(3)17-9-5-4-6-10-17/h14-15,17H,4-13H2,1-3H3. The summed E-state index contributed by atoms with van der Waals surface area (Å²) >= 11 is 1.28. The van der Waals surface area contributed by atoms with Crippen molar-refractivity contribution in [3.05, 3.63) is 27.1 Å². The normalized spacial score (nSPS) is 20.2. The van der Waals surface area contributed by atoms with Crippen LogP contribution in [0.1, 0.15) is 67.1 Å². The minimum absolute atomic E-state index is 0.00492. The van der Waals surface area contributed by atoms with Gasteiger partial charge in [-0.2, -0.15) is 0 Å². The van der Waals surface area contributed by atoms with Gasteiger partial charge in [-0.25, -0.2) is 4.98 Å². The first-order chi connectivity index (χ1) is 14.9. The van der Waals surface area contributed by atoms with E-state index in [4.69, 9.17) is 0 Å². The molecule has 3 heterocycles. The molecular formula is C23H32N4O3S. The summed E-state index contributed by atoms with van der Waals surface area (Å²) in [4.78, 5) is 48.4. The summed E-state index contributed by atoms with van der Waals surface area (Å²) in [6.07, 6.45) is 9.21. The van der Waals surface area contributed by atoms with Crippen molar-refractivity contribution in [1.82, 2.24) is 19.4 Å². The Labute approximate surface area is 187 Å². The number of rotatable bonds is 4. The molecule has 2 fully saturated rings. The van der Waals surface area contributed by atoms with Gasteiger partial charge in [0.1, 0.15) is 11.4 Å². The van der Waals surface area contributed by atoms with E-state index in [2.05, 4.69) is 11.9 Å². The van der Waals surface area contributed by atoms with Crippen LogP contribution >= 0.6 is 11.3 Å². The number of aryl methyl sites for hydroxylation is 1. The molecule has 1 atom stereocenters. The lowest BCUT2D eigenvalue weighted by Crippen LogP contribution is -2.42. The van der Waals surface area contributed by atoms with Crippen LogP contribution < -0.4 is 5.56 Å². The minimum Gasteiger partial charge on any atom is -0.341 e. The molecule has 8 heteroatoms. The Kier molecular flexibility index (Phi) is 6.46. The number of carbonyl (C=O) groups excluding carboxylic acids is 2. The molecule has 4 rings (SSSR count). The SMILES string of the molecule is Cc1c(C(=O)N(C)C2CCCCC2)sc2ncn(CC(=O)N3CCCC(C)C3)c(=O)c12. The Balaban J connectivity index is 1.58. The molecular weight excluding hydrogens is 412 g/mol. The number of thiophene rings is 1. The smallest absolute Gasteiger partial charge is 0.264 e. The molecule has 31 heavy (non-hydrogen) atoms. The molecule has 0 bridgehead atoms. The van der Waals surface area contributed by atoms with Gasteiger partial charge in [-0.05, 0) is 44.1 Å². The van der Waals surface area contributed by atoms with Crippen LogP contribution in [-0.4, -0.2) is 57.3 Å². The summed E-state index contributed by atoms with van der Waals surface area (Å²) in [5.41, 5.74) is 0.440. The molecule has 2 aromatic heterocycles. The molecule has 2 aliphatic rings. The van der Waals surface area contributed by atoms with Crippen LogP contribution in [0.25, 0.3) is 10.2 Å². The molecule has 1 unspecified atom stereocenters. The van der Waals surface area contributed by atoms with E-state index in [9.17, 15) is 14.4 Å². The van der Waals surface area contributed by atoms with Crippen LogP contribution in [0, 0.1) is 12.8 Å². The van der Waals surface area contributed by atoms with Gasteiger partial charge >= 0.3 is 0 Å². The van der Waals surface area contributed by atoms with Crippen LogP contribution in [0.2, 0.25) is 0 Å². The number of fused-ring (bicyclic) bond motifs is 1. The predicted octanol–water partition coefficient (Wildman–Crippen LogP) is 3.43. The van der Waals surface area contributed by atoms with Crippen LogP contribution in [0.4, 0.5) is 0 Å². The summed E-state index contributed by atoms with van der Waals surface area (Å²) in [6, 6.07) is 0.264. The number of hydrogen-bond acceptors (Lipinski definition) is 5. The molecule has 0 radical (unpaired) electrons. The van der Waals surface area contributed by atoms with Gasteiger partial charge < -0.3 is 9.80 Å². The van der Waals surface area contributed by atoms with Gasteiger partial charge in [0.05, 0.1) is 16.6 Å². The van der Waals surface area contributed by atoms with E-state index in [-0.39, 0.29) is 30.0 Å². The van der Waals surface area contributed by atoms with E-state index in [1.807, 2.05) is 23.8 Å². The molecule has 1 saturated heterocycles. The second-order valence-corrected chi connectivity index (χ2v) is 10.2. The van der Waals surface area contributed by atoms with Crippen molar-refractivity contribution in [2.24, 2.45) is 5.92 Å². The van der Waals surface area contributed by atoms with E-state index >= 15 is 0 Å². The largest absolute Gasteiger partial charge is 0.341 e. The number of piperidine rings is 1. The summed E-state index contributed by atoms with van der Waals surface area (Å²) in [5.74, 6) is 0.414. The van der Waals surface area contributed by atoms with Gasteiger partial charge in [-0.3, -0.25) is 19.0 Å². The molecule has 2 aromatic rings. The van der Waals surface area contributed by atoms with Crippen molar-refractivity contribution in [2.75, 3.05) is 20.1 Å². The molecule has 2 amide bonds. The number of nitrogens with zero attached hydrogens (tertiary/aromatic N) is 4. The molecule has 1 aliphatic heterocycles. The highest BCUT2D eigenvalue weighted by Crippen LogP contribution is 2.30. The van der Waals surface area contributed by atoms with E-state index < -0.39 is 0 Å². The topological polar surface area (TPSA) is 75.5 Å². The van der Waals surface area contributed by atoms with Crippen molar-refractivity contribution in [2.45, 2.75) is 71.4 Å². The first-order valence-corrected chi connectivity index (χ1v) is 12.2. The Hall–Kier alpha value is -2.22. The average molecular weight is 445 g/mol. The Morgan fingerprint density at radius 2 is 1.94 bits per heavy atom. The summed E-state index contributed by atoms with van der Waals surface area (Å²) in [7, 11) is 1.87. The number of hydrogen-bond donors (Lipinski definition) is 0. The third-order valence-electron chi connectivity index (χ3n) is 6.87. The maximum absolute atomic E-state index is 13.2. The van der Waals surface area contributed by atoms with E-state index in [0.717, 1.165) is 51.6 Å². The maximum atomic E-state index is 13.2. The number of carbonyl (C=O) groups is 2. The predicted molar refractivity (Wildman–Crippen MR) is 123 cm³/mol. The lowest BCUT2D eigenvalue weighted by Gasteiger charge is -2.31. The quantitative estimate of drug-likeness (QED) is 0.724. The van der Waals surface area contributed by atoms with Crippen molar-refractivity contribution in [3.8, 4) is 0 Å². The maximum Gasteiger partial charge on any atom is 0.264 e. The lowest BCUT2D eigenvalue weighted by atomic mass is 9.94. The second kappa shape index (κ2) is 9.10. The monoisotopic (exact) mass is 444 g/mol. The minimum atomic E-state index is -0.239. The van der Waals surface area contributed by atoms with Crippen LogP contribution in [0.15, 0.2) is 11.1 Å². The Morgan fingerprint density at radius 3 is 2.65 bits per heavy atom. The van der Waals surface area contributed by atoms with E-state index in [1.54, 1.807) is 0 Å². The molecule has 0 spiro atoms. The number of aromatic nitrogens is 2. The summed E-state index contributed by atoms with van der Waals surface area (Å²) < 4.78 is 1.39. The first-order valence-electron chi connectivity index (χ1n) is 11.4. The zero-order valence-corrected chi connectivity index (χ0v) is 19.5. The first kappa shape index (κ1) is 22.0. The van der Waals surface area contributed by atoms with Gasteiger partial charge in [-0.15, -0.1) is 11.3 Å². The van der Waals surface area contributed by atoms with Gasteiger partial charge in [0, 0.05) is 26.2 Å². The van der Waals surface area contributed by atoms with Crippen LogP contribution in [0.5, 0.6) is 0 Å². The zero-order valence-electron chi connectivity index (χ0n) is 18.7. The highest BCUT2D eigenvalue weighted by atomic mass is 32.1. The number of likely N-dealkylation sites (tertiary alicyclic amines) is 1. The fourth-order valence-electron chi connectivity index (χ4n) is 4.93. The third-order valence-corrected chi connectivity index (χ3v) is 8.06. The van der Waals surface area contributed by atoms with E-state index in [1.165, 1.54) is 28.7 Å². The lowest BCUT2D eigenvalue weighted by molar-refractivity contribution is -0.133. The van der Waals surface area contributed by atoms with Gasteiger partial charge in [-0.1, -0.05) is 26.2 Å². The zero-order chi connectivity index (χ0) is 22.1. The van der Waals surface area contributed by atoms with Crippen molar-refractivity contribution in [3.63, 3.8) is 0 Å². The van der Waals surface area contributed by atoms with E-state index in [0.29, 0.717) is 26.6 Å². The molecule has 168 valence electrons. The van der Waals surface area contributed by atoms with Crippen molar-refractivity contribution >= 4 is 33.4 Å². The molecule has 1 saturated carbocycles. The number of amides is 2. The molecule has 0 aromatic carbocycles. The molecule has 1 aliphatic carbocycles. The van der Waals surface area contributed by atoms with Gasteiger partial charge in [0.15, 0.2) is 0 Å². The molecule has 7 nitrogen and oxygen atoms in total. The summed E-state index contributed by atoms with van der Waals surface area (Å²) in [6.45, 7) is 5.46. The van der Waals surface area contributed by atoms with Gasteiger partial charge in [0.2, 0.25) is 5.91 Å². The fourth-order valence-corrected chi connectivity index (χ4v) is 6.05. The van der Waals surface area contributed by atoms with Crippen LogP contribution in [-0.2, 0) is 11.3 Å². The fraction of sp³-hybridized carbons (Fsp3) is 0.652. The summed E-state index contributed by atoms with van der Waals surface area (Å²) in [5, 5.41) is 0.465. The highest BCUT2D eigenvalue weighted by molar-refractivity contribution is 7.20. The third kappa shape index (κ3) is 4.40. The highest BCUT2D eigenvalue weighted by Gasteiger charge is 2.28. The molecule has 0 N–H and O–H groups in total. The Morgan fingerprint density at radius 1 is 1.19 bits per heavy atom.